The molecule has 0 unspecified atom stereocenters. The van der Waals surface area contributed by atoms with E-state index >= 15 is 0 Å². The third-order valence-corrected chi connectivity index (χ3v) is 2.24. The first-order chi connectivity index (χ1) is 4.83. The first-order valence-electron chi connectivity index (χ1n) is 3.81. The van der Waals surface area contributed by atoms with Gasteiger partial charge >= 0.3 is 0 Å². The summed E-state index contributed by atoms with van der Waals surface area (Å²) in [7, 11) is 3.52. The molecule has 1 aliphatic carbocycles. The fourth-order valence-corrected chi connectivity index (χ4v) is 1.27. The minimum absolute atomic E-state index is 0.505. The number of ether oxygens (including phenoxy) is 2. The Morgan fingerprint density at radius 2 is 1.90 bits per heavy atom. The average molecular weight is 144 g/mol. The lowest BCUT2D eigenvalue weighted by Gasteiger charge is -2.11. The van der Waals surface area contributed by atoms with E-state index in [0.29, 0.717) is 5.41 Å². The second kappa shape index (κ2) is 3.35. The van der Waals surface area contributed by atoms with Gasteiger partial charge in [-0.3, -0.25) is 0 Å². The molecule has 0 aliphatic heterocycles. The lowest BCUT2D eigenvalue weighted by atomic mass is 10.1. The van der Waals surface area contributed by atoms with Crippen molar-refractivity contribution in [1.82, 2.24) is 0 Å². The van der Waals surface area contributed by atoms with Crippen molar-refractivity contribution in [2.75, 3.05) is 27.4 Å². The van der Waals surface area contributed by atoms with Crippen LogP contribution in [0.1, 0.15) is 19.3 Å². The van der Waals surface area contributed by atoms with Gasteiger partial charge in [-0.05, 0) is 24.7 Å². The maximum Gasteiger partial charge on any atom is 0.0519 e. The van der Waals surface area contributed by atoms with Crippen molar-refractivity contribution in [1.29, 1.82) is 0 Å². The van der Waals surface area contributed by atoms with E-state index in [0.717, 1.165) is 19.6 Å². The third-order valence-electron chi connectivity index (χ3n) is 2.24. The molecular formula is C8H16O2. The standard InChI is InChI=1S/C8H16O2/c1-9-6-5-8(3-4-8)7-10-2/h3-7H2,1-2H3. The Kier molecular flexibility index (Phi) is 2.69. The van der Waals surface area contributed by atoms with Crippen LogP contribution in [-0.2, 0) is 9.47 Å². The normalized spacial score (nSPS) is 21.0. The molecule has 0 bridgehead atoms. The van der Waals surface area contributed by atoms with Crippen LogP contribution < -0.4 is 0 Å². The van der Waals surface area contributed by atoms with E-state index in [9.17, 15) is 0 Å². The molecule has 0 aromatic heterocycles. The zero-order valence-corrected chi connectivity index (χ0v) is 6.85. The summed E-state index contributed by atoms with van der Waals surface area (Å²) in [6, 6.07) is 0. The Labute approximate surface area is 62.5 Å². The predicted octanol–water partition coefficient (Wildman–Crippen LogP) is 1.45. The summed E-state index contributed by atoms with van der Waals surface area (Å²) in [5.41, 5.74) is 0.505. The van der Waals surface area contributed by atoms with E-state index in [-0.39, 0.29) is 0 Å². The van der Waals surface area contributed by atoms with Crippen molar-refractivity contribution in [2.45, 2.75) is 19.3 Å². The van der Waals surface area contributed by atoms with E-state index in [1.165, 1.54) is 12.8 Å². The van der Waals surface area contributed by atoms with E-state index in [2.05, 4.69) is 0 Å². The van der Waals surface area contributed by atoms with Gasteiger partial charge in [0.2, 0.25) is 0 Å². The van der Waals surface area contributed by atoms with Crippen molar-refractivity contribution in [3.05, 3.63) is 0 Å². The Hall–Kier alpha value is -0.0800. The van der Waals surface area contributed by atoms with Gasteiger partial charge in [-0.15, -0.1) is 0 Å². The molecule has 0 heterocycles. The maximum atomic E-state index is 5.11. The van der Waals surface area contributed by atoms with Crippen molar-refractivity contribution in [3.63, 3.8) is 0 Å². The third kappa shape index (κ3) is 1.96. The van der Waals surface area contributed by atoms with Gasteiger partial charge in [0.05, 0.1) is 6.61 Å². The topological polar surface area (TPSA) is 18.5 Å². The van der Waals surface area contributed by atoms with Gasteiger partial charge in [0.1, 0.15) is 0 Å². The summed E-state index contributed by atoms with van der Waals surface area (Å²) >= 11 is 0. The first-order valence-corrected chi connectivity index (χ1v) is 3.81. The highest BCUT2D eigenvalue weighted by atomic mass is 16.5. The summed E-state index contributed by atoms with van der Waals surface area (Å²) in [4.78, 5) is 0. The lowest BCUT2D eigenvalue weighted by Crippen LogP contribution is -2.11. The van der Waals surface area contributed by atoms with Crippen LogP contribution in [0.25, 0.3) is 0 Å². The van der Waals surface area contributed by atoms with Gasteiger partial charge in [0.25, 0.3) is 0 Å². The van der Waals surface area contributed by atoms with E-state index in [1.54, 1.807) is 14.2 Å². The summed E-state index contributed by atoms with van der Waals surface area (Å²) in [5.74, 6) is 0. The van der Waals surface area contributed by atoms with Crippen LogP contribution in [0.15, 0.2) is 0 Å². The smallest absolute Gasteiger partial charge is 0.0519 e. The monoisotopic (exact) mass is 144 g/mol. The maximum absolute atomic E-state index is 5.11. The molecule has 0 aromatic carbocycles. The second-order valence-corrected chi connectivity index (χ2v) is 3.18. The molecule has 0 radical (unpaired) electrons. The minimum atomic E-state index is 0.505. The van der Waals surface area contributed by atoms with E-state index in [1.807, 2.05) is 0 Å². The summed E-state index contributed by atoms with van der Waals surface area (Å²) in [6.07, 6.45) is 3.81. The summed E-state index contributed by atoms with van der Waals surface area (Å²) in [5, 5.41) is 0. The highest BCUT2D eigenvalue weighted by Crippen LogP contribution is 2.48. The van der Waals surface area contributed by atoms with Crippen LogP contribution in [0.5, 0.6) is 0 Å². The fraction of sp³-hybridized carbons (Fsp3) is 1.00. The van der Waals surface area contributed by atoms with Crippen LogP contribution in [0, 0.1) is 5.41 Å². The summed E-state index contributed by atoms with van der Waals surface area (Å²) < 4.78 is 10.1. The molecule has 0 spiro atoms. The lowest BCUT2D eigenvalue weighted by molar-refractivity contribution is 0.106. The highest BCUT2D eigenvalue weighted by molar-refractivity contribution is 4.92. The van der Waals surface area contributed by atoms with Crippen molar-refractivity contribution >= 4 is 0 Å². The molecule has 2 heteroatoms. The van der Waals surface area contributed by atoms with Gasteiger partial charge in [-0.25, -0.2) is 0 Å². The number of hydrogen-bond donors (Lipinski definition) is 0. The quantitative estimate of drug-likeness (QED) is 0.581. The van der Waals surface area contributed by atoms with Crippen molar-refractivity contribution in [2.24, 2.45) is 5.41 Å². The van der Waals surface area contributed by atoms with Gasteiger partial charge in [0, 0.05) is 20.8 Å². The van der Waals surface area contributed by atoms with Gasteiger partial charge in [0.15, 0.2) is 0 Å². The Bertz CT molecular complexity index is 97.4. The van der Waals surface area contributed by atoms with Gasteiger partial charge in [-0.1, -0.05) is 0 Å². The second-order valence-electron chi connectivity index (χ2n) is 3.18. The zero-order chi connectivity index (χ0) is 7.45. The van der Waals surface area contributed by atoms with Crippen LogP contribution in [0.4, 0.5) is 0 Å². The Balaban J connectivity index is 2.11. The van der Waals surface area contributed by atoms with Crippen LogP contribution in [0.3, 0.4) is 0 Å². The molecule has 1 rings (SSSR count). The van der Waals surface area contributed by atoms with Gasteiger partial charge < -0.3 is 9.47 Å². The van der Waals surface area contributed by atoms with E-state index in [4.69, 9.17) is 9.47 Å². The Morgan fingerprint density at radius 3 is 2.30 bits per heavy atom. The van der Waals surface area contributed by atoms with Crippen LogP contribution in [0.2, 0.25) is 0 Å². The van der Waals surface area contributed by atoms with Crippen molar-refractivity contribution < 1.29 is 9.47 Å². The van der Waals surface area contributed by atoms with Crippen LogP contribution >= 0.6 is 0 Å². The number of rotatable bonds is 5. The largest absolute Gasteiger partial charge is 0.385 e. The van der Waals surface area contributed by atoms with Gasteiger partial charge in [-0.2, -0.15) is 0 Å². The average Bonchev–Trinajstić information content (AvgIpc) is 2.67. The molecule has 0 N–H and O–H groups in total. The molecule has 0 aromatic rings. The van der Waals surface area contributed by atoms with E-state index < -0.39 is 0 Å². The number of methoxy groups -OCH3 is 2. The molecule has 1 fully saturated rings. The Morgan fingerprint density at radius 1 is 1.20 bits per heavy atom. The molecule has 0 saturated heterocycles. The molecule has 1 saturated carbocycles. The number of hydrogen-bond acceptors (Lipinski definition) is 2. The van der Waals surface area contributed by atoms with Crippen molar-refractivity contribution in [3.8, 4) is 0 Å². The summed E-state index contributed by atoms with van der Waals surface area (Å²) in [6.45, 7) is 1.79. The molecular weight excluding hydrogens is 128 g/mol. The zero-order valence-electron chi connectivity index (χ0n) is 6.85. The molecule has 0 amide bonds. The molecule has 2 nitrogen and oxygen atoms in total. The first kappa shape index (κ1) is 8.02. The molecule has 0 atom stereocenters. The predicted molar refractivity (Wildman–Crippen MR) is 40.0 cm³/mol. The molecule has 10 heavy (non-hydrogen) atoms. The molecule has 1 aliphatic rings. The SMILES string of the molecule is COCCC1(COC)CC1. The van der Waals surface area contributed by atoms with Crippen LogP contribution in [-0.4, -0.2) is 27.4 Å². The highest BCUT2D eigenvalue weighted by Gasteiger charge is 2.41. The fourth-order valence-electron chi connectivity index (χ4n) is 1.27. The minimum Gasteiger partial charge on any atom is -0.385 e. The molecule has 60 valence electrons.